The highest BCUT2D eigenvalue weighted by atomic mass is 32.1. The average Bonchev–Trinajstić information content (AvgIpc) is 1.85. The summed E-state index contributed by atoms with van der Waals surface area (Å²) in [5, 5.41) is 7.94. The monoisotopic (exact) mass is 145 g/mol. The minimum Gasteiger partial charge on any atom is -0.450 e. The second-order valence-electron chi connectivity index (χ2n) is 1.29. The number of esters is 1. The normalized spacial score (nSPS) is 8.00. The Labute approximate surface area is 59.0 Å². The van der Waals surface area contributed by atoms with E-state index in [1.807, 2.05) is 0 Å². The van der Waals surface area contributed by atoms with E-state index in [0.717, 1.165) is 0 Å². The van der Waals surface area contributed by atoms with Crippen LogP contribution in [0.3, 0.4) is 0 Å². The fourth-order valence-electron chi connectivity index (χ4n) is 0.276. The van der Waals surface area contributed by atoms with Crippen molar-refractivity contribution in [3.63, 3.8) is 0 Å². The minimum absolute atomic E-state index is 0.160. The molecule has 0 aromatic rings. The molecule has 0 atom stereocenters. The van der Waals surface area contributed by atoms with Crippen LogP contribution in [0.2, 0.25) is 0 Å². The molecule has 9 heavy (non-hydrogen) atoms. The second-order valence-corrected chi connectivity index (χ2v) is 1.74. The maximum Gasteiger partial charge on any atom is 0.307 e. The van der Waals surface area contributed by atoms with Gasteiger partial charge in [-0.05, 0) is 0 Å². The Morgan fingerprint density at radius 2 is 2.44 bits per heavy atom. The number of nitriles is 1. The summed E-state index contributed by atoms with van der Waals surface area (Å²) < 4.78 is 4.38. The topological polar surface area (TPSA) is 50.1 Å². The molecular weight excluding hydrogens is 138 g/mol. The molecule has 0 aliphatic carbocycles. The zero-order valence-electron chi connectivity index (χ0n) is 4.83. The van der Waals surface area contributed by atoms with Crippen LogP contribution in [-0.4, -0.2) is 18.3 Å². The molecule has 0 saturated carbocycles. The first-order chi connectivity index (χ1) is 4.31. The molecule has 0 aliphatic heterocycles. The molecule has 0 aliphatic rings. The molecule has 0 bridgehead atoms. The fourth-order valence-corrected chi connectivity index (χ4v) is 0.459. The van der Waals surface area contributed by atoms with E-state index in [1.165, 1.54) is 0 Å². The lowest BCUT2D eigenvalue weighted by atomic mass is 10.5. The molecule has 0 amide bonds. The van der Waals surface area contributed by atoms with Gasteiger partial charge in [-0.1, -0.05) is 0 Å². The van der Waals surface area contributed by atoms with Gasteiger partial charge in [-0.15, -0.1) is 0 Å². The number of carbonyl (C=O) groups is 1. The molecule has 0 aromatic carbocycles. The quantitative estimate of drug-likeness (QED) is 0.461. The molecular formula is C5H7NO2S. The molecule has 0 spiro atoms. The number of hydrogen-bond acceptors (Lipinski definition) is 4. The molecule has 4 heteroatoms. The number of hydrogen-bond donors (Lipinski definition) is 1. The molecule has 0 fully saturated rings. The summed E-state index contributed by atoms with van der Waals surface area (Å²) in [5.74, 6) is 0.0936. The third-order valence-corrected chi connectivity index (χ3v) is 0.837. The highest BCUT2D eigenvalue weighted by molar-refractivity contribution is 7.80. The number of rotatable bonds is 3. The summed E-state index contributed by atoms with van der Waals surface area (Å²) in [4.78, 5) is 10.4. The van der Waals surface area contributed by atoms with Gasteiger partial charge in [0.1, 0.15) is 6.07 Å². The zero-order valence-corrected chi connectivity index (χ0v) is 5.73. The lowest BCUT2D eigenvalue weighted by Gasteiger charge is -1.94. The predicted octanol–water partition coefficient (Wildman–Crippen LogP) is 0.373. The maximum atomic E-state index is 10.4. The Kier molecular flexibility index (Phi) is 5.03. The van der Waals surface area contributed by atoms with Crippen molar-refractivity contribution in [2.75, 3.05) is 12.4 Å². The van der Waals surface area contributed by atoms with Crippen molar-refractivity contribution in [2.45, 2.75) is 6.42 Å². The largest absolute Gasteiger partial charge is 0.450 e. The van der Waals surface area contributed by atoms with Crippen molar-refractivity contribution in [3.05, 3.63) is 0 Å². The van der Waals surface area contributed by atoms with Gasteiger partial charge in [0.2, 0.25) is 0 Å². The molecule has 0 aromatic heterocycles. The highest BCUT2D eigenvalue weighted by Gasteiger charge is 1.97. The van der Waals surface area contributed by atoms with Crippen LogP contribution in [-0.2, 0) is 9.53 Å². The van der Waals surface area contributed by atoms with Crippen LogP contribution in [0.1, 0.15) is 6.42 Å². The zero-order chi connectivity index (χ0) is 7.11. The minimum atomic E-state index is -0.369. The van der Waals surface area contributed by atoms with Gasteiger partial charge in [0, 0.05) is 5.75 Å². The van der Waals surface area contributed by atoms with Gasteiger partial charge >= 0.3 is 5.97 Å². The van der Waals surface area contributed by atoms with Crippen LogP contribution in [0, 0.1) is 11.3 Å². The van der Waals surface area contributed by atoms with Crippen molar-refractivity contribution in [3.8, 4) is 6.07 Å². The van der Waals surface area contributed by atoms with Gasteiger partial charge in [-0.3, -0.25) is 4.79 Å². The van der Waals surface area contributed by atoms with Gasteiger partial charge in [-0.2, -0.15) is 17.9 Å². The van der Waals surface area contributed by atoms with Gasteiger partial charge in [0.05, 0.1) is 6.42 Å². The number of thiol groups is 1. The summed E-state index contributed by atoms with van der Waals surface area (Å²) in [6.45, 7) is -0.160. The summed E-state index contributed by atoms with van der Waals surface area (Å²) in [6.07, 6.45) is 0.269. The smallest absolute Gasteiger partial charge is 0.307 e. The van der Waals surface area contributed by atoms with Crippen LogP contribution in [0.5, 0.6) is 0 Å². The van der Waals surface area contributed by atoms with E-state index in [2.05, 4.69) is 17.4 Å². The Morgan fingerprint density at radius 3 is 2.89 bits per heavy atom. The van der Waals surface area contributed by atoms with E-state index in [1.54, 1.807) is 6.07 Å². The summed E-state index contributed by atoms with van der Waals surface area (Å²) in [6, 6.07) is 1.69. The van der Waals surface area contributed by atoms with Gasteiger partial charge < -0.3 is 4.74 Å². The van der Waals surface area contributed by atoms with E-state index >= 15 is 0 Å². The number of ether oxygens (including phenoxy) is 1. The molecule has 3 nitrogen and oxygen atoms in total. The van der Waals surface area contributed by atoms with E-state index < -0.39 is 0 Å². The third-order valence-electron chi connectivity index (χ3n) is 0.614. The molecule has 0 N–H and O–H groups in total. The second kappa shape index (κ2) is 5.45. The SMILES string of the molecule is N#CCOC(=O)CCS. The molecule has 0 radical (unpaired) electrons. The molecule has 0 rings (SSSR count). The molecule has 0 saturated heterocycles. The van der Waals surface area contributed by atoms with Crippen molar-refractivity contribution in [2.24, 2.45) is 0 Å². The number of nitrogens with zero attached hydrogens (tertiary/aromatic N) is 1. The van der Waals surface area contributed by atoms with Crippen LogP contribution >= 0.6 is 12.6 Å². The van der Waals surface area contributed by atoms with Gasteiger partial charge in [0.25, 0.3) is 0 Å². The Bertz CT molecular complexity index is 129. The third kappa shape index (κ3) is 5.18. The van der Waals surface area contributed by atoms with Gasteiger partial charge in [-0.25, -0.2) is 0 Å². The Balaban J connectivity index is 3.19. The van der Waals surface area contributed by atoms with Crippen LogP contribution in [0.25, 0.3) is 0 Å². The first-order valence-corrected chi connectivity index (χ1v) is 3.08. The van der Waals surface area contributed by atoms with E-state index in [9.17, 15) is 4.79 Å². The van der Waals surface area contributed by atoms with E-state index in [-0.39, 0.29) is 19.0 Å². The van der Waals surface area contributed by atoms with Crippen molar-refractivity contribution >= 4 is 18.6 Å². The lowest BCUT2D eigenvalue weighted by Crippen LogP contribution is -2.04. The van der Waals surface area contributed by atoms with Crippen LogP contribution in [0.15, 0.2) is 0 Å². The van der Waals surface area contributed by atoms with Crippen molar-refractivity contribution in [1.29, 1.82) is 5.26 Å². The lowest BCUT2D eigenvalue weighted by molar-refractivity contribution is -0.141. The molecule has 0 unspecified atom stereocenters. The molecule has 50 valence electrons. The Morgan fingerprint density at radius 1 is 1.78 bits per heavy atom. The predicted molar refractivity (Wildman–Crippen MR) is 35.0 cm³/mol. The Hall–Kier alpha value is -0.690. The summed E-state index contributed by atoms with van der Waals surface area (Å²) >= 11 is 3.80. The molecule has 0 heterocycles. The van der Waals surface area contributed by atoms with E-state index in [4.69, 9.17) is 5.26 Å². The van der Waals surface area contributed by atoms with Crippen LogP contribution < -0.4 is 0 Å². The standard InChI is InChI=1S/C5H7NO2S/c6-2-3-8-5(7)1-4-9/h9H,1,3-4H2. The first-order valence-electron chi connectivity index (χ1n) is 2.44. The summed E-state index contributed by atoms with van der Waals surface area (Å²) in [7, 11) is 0. The average molecular weight is 145 g/mol. The summed E-state index contributed by atoms with van der Waals surface area (Å²) in [5.41, 5.74) is 0. The van der Waals surface area contributed by atoms with Gasteiger partial charge in [0.15, 0.2) is 6.61 Å². The van der Waals surface area contributed by atoms with Crippen molar-refractivity contribution in [1.82, 2.24) is 0 Å². The van der Waals surface area contributed by atoms with Crippen molar-refractivity contribution < 1.29 is 9.53 Å². The van der Waals surface area contributed by atoms with E-state index in [0.29, 0.717) is 5.75 Å². The van der Waals surface area contributed by atoms with Crippen LogP contribution in [0.4, 0.5) is 0 Å². The highest BCUT2D eigenvalue weighted by Crippen LogP contribution is 1.87. The fraction of sp³-hybridized carbons (Fsp3) is 0.600. The maximum absolute atomic E-state index is 10.4. The number of carbonyl (C=O) groups excluding carboxylic acids is 1. The first kappa shape index (κ1) is 8.31.